The van der Waals surface area contributed by atoms with Gasteiger partial charge in [-0.3, -0.25) is 9.69 Å². The van der Waals surface area contributed by atoms with Gasteiger partial charge in [0.25, 0.3) is 5.91 Å². The maximum atomic E-state index is 11.9. The molecule has 0 aromatic heterocycles. The highest BCUT2D eigenvalue weighted by Gasteiger charge is 2.53. The van der Waals surface area contributed by atoms with Gasteiger partial charge in [-0.05, 0) is 18.9 Å². The van der Waals surface area contributed by atoms with Crippen LogP contribution in [0.5, 0.6) is 0 Å². The van der Waals surface area contributed by atoms with Crippen molar-refractivity contribution in [3.8, 4) is 0 Å². The molecular formula is C12H17NO4S. The van der Waals surface area contributed by atoms with Crippen molar-refractivity contribution in [2.24, 2.45) is 0 Å². The number of aliphatic carboxylic acids is 1. The van der Waals surface area contributed by atoms with Gasteiger partial charge in [0.2, 0.25) is 0 Å². The Morgan fingerprint density at radius 3 is 2.94 bits per heavy atom. The number of fused-ring (bicyclic) bond motifs is 1. The zero-order chi connectivity index (χ0) is 13.3. The van der Waals surface area contributed by atoms with Crippen LogP contribution in [-0.4, -0.2) is 45.7 Å². The summed E-state index contributed by atoms with van der Waals surface area (Å²) < 4.78 is 5.54. The lowest BCUT2D eigenvalue weighted by molar-refractivity contribution is -0.165. The zero-order valence-corrected chi connectivity index (χ0v) is 11.3. The Morgan fingerprint density at radius 2 is 2.33 bits per heavy atom. The van der Waals surface area contributed by atoms with E-state index in [-0.39, 0.29) is 17.0 Å². The fourth-order valence-corrected chi connectivity index (χ4v) is 3.40. The molecule has 2 aliphatic heterocycles. The summed E-state index contributed by atoms with van der Waals surface area (Å²) in [6.45, 7) is 4.37. The molecule has 0 bridgehead atoms. The molecule has 2 heterocycles. The molecule has 1 fully saturated rings. The fraction of sp³-hybridized carbons (Fsp3) is 0.667. The summed E-state index contributed by atoms with van der Waals surface area (Å²) in [7, 11) is 0. The molecule has 1 saturated heterocycles. The molecule has 0 unspecified atom stereocenters. The van der Waals surface area contributed by atoms with Crippen LogP contribution in [0.1, 0.15) is 26.7 Å². The molecule has 0 aliphatic carbocycles. The Bertz CT molecular complexity index is 407. The summed E-state index contributed by atoms with van der Waals surface area (Å²) in [5.41, 5.74) is 0.878. The molecule has 0 radical (unpaired) electrons. The van der Waals surface area contributed by atoms with Gasteiger partial charge < -0.3 is 9.84 Å². The van der Waals surface area contributed by atoms with E-state index in [1.54, 1.807) is 18.7 Å². The predicted octanol–water partition coefficient (Wildman–Crippen LogP) is 1.45. The third-order valence-electron chi connectivity index (χ3n) is 3.11. The average molecular weight is 271 g/mol. The number of carbonyl (C=O) groups is 2. The molecule has 2 atom stereocenters. The molecule has 0 aromatic carbocycles. The van der Waals surface area contributed by atoms with E-state index >= 15 is 0 Å². The first-order valence-corrected chi connectivity index (χ1v) is 7.12. The highest BCUT2D eigenvalue weighted by molar-refractivity contribution is 8.00. The van der Waals surface area contributed by atoms with Crippen molar-refractivity contribution in [2.75, 3.05) is 12.4 Å². The van der Waals surface area contributed by atoms with E-state index in [2.05, 4.69) is 6.92 Å². The van der Waals surface area contributed by atoms with Gasteiger partial charge in [-0.1, -0.05) is 13.3 Å². The second-order valence-corrected chi connectivity index (χ2v) is 5.59. The summed E-state index contributed by atoms with van der Waals surface area (Å²) in [5, 5.41) is 8.98. The summed E-state index contributed by atoms with van der Waals surface area (Å²) in [6, 6.07) is 0. The van der Waals surface area contributed by atoms with Crippen LogP contribution in [0.3, 0.4) is 0 Å². The minimum absolute atomic E-state index is 0.138. The molecule has 0 aromatic rings. The van der Waals surface area contributed by atoms with Crippen LogP contribution in [0.15, 0.2) is 11.3 Å². The van der Waals surface area contributed by atoms with E-state index in [1.807, 2.05) is 0 Å². The van der Waals surface area contributed by atoms with Crippen molar-refractivity contribution in [1.29, 1.82) is 0 Å². The van der Waals surface area contributed by atoms with Gasteiger partial charge in [0, 0.05) is 12.4 Å². The number of thioether (sulfide) groups is 1. The quantitative estimate of drug-likeness (QED) is 0.605. The zero-order valence-electron chi connectivity index (χ0n) is 10.5. The number of hydrogen-bond donors (Lipinski definition) is 1. The monoisotopic (exact) mass is 271 g/mol. The maximum absolute atomic E-state index is 11.9. The lowest BCUT2D eigenvalue weighted by atomic mass is 10.1. The SMILES string of the molecule is CCCCO[C@@H]1C(=O)N2C(C(=O)O)=C(C)CS[C@H]12. The minimum Gasteiger partial charge on any atom is -0.477 e. The topological polar surface area (TPSA) is 66.8 Å². The summed E-state index contributed by atoms with van der Waals surface area (Å²) in [6.07, 6.45) is 1.47. The number of ether oxygens (including phenoxy) is 1. The van der Waals surface area contributed by atoms with Gasteiger partial charge in [-0.15, -0.1) is 11.8 Å². The molecular weight excluding hydrogens is 254 g/mol. The van der Waals surface area contributed by atoms with Crippen LogP contribution in [0.4, 0.5) is 0 Å². The molecule has 6 heteroatoms. The standard InChI is InChI=1S/C12H17NO4S/c1-3-4-5-17-9-10(14)13-8(12(15)16)7(2)6-18-11(9)13/h9,11H,3-6H2,1-2H3,(H,15,16)/t9-,11-/m1/s1. The van der Waals surface area contributed by atoms with E-state index in [1.165, 1.54) is 4.90 Å². The Kier molecular flexibility index (Phi) is 3.97. The second-order valence-electron chi connectivity index (χ2n) is 4.49. The van der Waals surface area contributed by atoms with E-state index in [0.29, 0.717) is 12.4 Å². The van der Waals surface area contributed by atoms with Crippen molar-refractivity contribution in [3.05, 3.63) is 11.3 Å². The molecule has 1 amide bonds. The molecule has 0 saturated carbocycles. The highest BCUT2D eigenvalue weighted by Crippen LogP contribution is 2.41. The largest absolute Gasteiger partial charge is 0.477 e. The minimum atomic E-state index is -1.03. The Morgan fingerprint density at radius 1 is 1.61 bits per heavy atom. The Hall–Kier alpha value is -1.01. The first kappa shape index (κ1) is 13.4. The normalized spacial score (nSPS) is 27.0. The highest BCUT2D eigenvalue weighted by atomic mass is 32.2. The number of amides is 1. The van der Waals surface area contributed by atoms with E-state index in [4.69, 9.17) is 9.84 Å². The van der Waals surface area contributed by atoms with Gasteiger partial charge in [-0.2, -0.15) is 0 Å². The molecule has 1 N–H and O–H groups in total. The summed E-state index contributed by atoms with van der Waals surface area (Å²) in [4.78, 5) is 24.5. The molecule has 2 rings (SSSR count). The molecule has 5 nitrogen and oxygen atoms in total. The van der Waals surface area contributed by atoms with E-state index < -0.39 is 12.1 Å². The number of unbranched alkanes of at least 4 members (excludes halogenated alkanes) is 1. The lowest BCUT2D eigenvalue weighted by Gasteiger charge is -2.48. The van der Waals surface area contributed by atoms with Crippen LogP contribution in [0.25, 0.3) is 0 Å². The van der Waals surface area contributed by atoms with E-state index in [0.717, 1.165) is 18.4 Å². The number of carboxylic acids is 1. The second kappa shape index (κ2) is 5.32. The van der Waals surface area contributed by atoms with Gasteiger partial charge in [-0.25, -0.2) is 4.79 Å². The van der Waals surface area contributed by atoms with Crippen LogP contribution in [-0.2, 0) is 14.3 Å². The van der Waals surface area contributed by atoms with Crippen molar-refractivity contribution in [1.82, 2.24) is 4.90 Å². The fourth-order valence-electron chi connectivity index (χ4n) is 2.12. The van der Waals surface area contributed by atoms with Gasteiger partial charge >= 0.3 is 5.97 Å². The third kappa shape index (κ3) is 2.14. The number of rotatable bonds is 5. The van der Waals surface area contributed by atoms with Crippen LogP contribution < -0.4 is 0 Å². The molecule has 2 aliphatic rings. The Labute approximate surface area is 110 Å². The molecule has 100 valence electrons. The summed E-state index contributed by atoms with van der Waals surface area (Å²) in [5.74, 6) is -0.609. The van der Waals surface area contributed by atoms with Crippen molar-refractivity contribution >= 4 is 23.6 Å². The van der Waals surface area contributed by atoms with Crippen molar-refractivity contribution in [3.63, 3.8) is 0 Å². The number of nitrogens with zero attached hydrogens (tertiary/aromatic N) is 1. The first-order chi connectivity index (χ1) is 8.57. The molecule has 0 spiro atoms. The van der Waals surface area contributed by atoms with Gasteiger partial charge in [0.15, 0.2) is 6.10 Å². The number of carboxylic acid groups (broad SMARTS) is 1. The van der Waals surface area contributed by atoms with Crippen molar-refractivity contribution < 1.29 is 19.4 Å². The van der Waals surface area contributed by atoms with Crippen LogP contribution in [0.2, 0.25) is 0 Å². The molecule has 18 heavy (non-hydrogen) atoms. The maximum Gasteiger partial charge on any atom is 0.352 e. The first-order valence-electron chi connectivity index (χ1n) is 6.07. The average Bonchev–Trinajstić information content (AvgIpc) is 2.34. The summed E-state index contributed by atoms with van der Waals surface area (Å²) >= 11 is 1.57. The third-order valence-corrected chi connectivity index (χ3v) is 4.51. The van der Waals surface area contributed by atoms with Gasteiger partial charge in [0.05, 0.1) is 0 Å². The van der Waals surface area contributed by atoms with Gasteiger partial charge in [0.1, 0.15) is 11.1 Å². The van der Waals surface area contributed by atoms with E-state index in [9.17, 15) is 9.59 Å². The number of carbonyl (C=O) groups excluding carboxylic acids is 1. The smallest absolute Gasteiger partial charge is 0.352 e. The van der Waals surface area contributed by atoms with Crippen molar-refractivity contribution in [2.45, 2.75) is 38.2 Å². The van der Waals surface area contributed by atoms with Crippen LogP contribution in [0, 0.1) is 0 Å². The van der Waals surface area contributed by atoms with Crippen LogP contribution >= 0.6 is 11.8 Å². The predicted molar refractivity (Wildman–Crippen MR) is 68.1 cm³/mol. The Balaban J connectivity index is 2.06. The lowest BCUT2D eigenvalue weighted by Crippen LogP contribution is -2.65. The number of β-lactam (4-membered cyclic amide) rings is 1. The number of hydrogen-bond acceptors (Lipinski definition) is 4.